The number of phosphoric ester groups is 1. The fraction of sp³-hybridized carbons (Fsp3) is 0.796. The number of unbranched alkanes of at least 4 members (excludes halogenated alkanes) is 20. The highest BCUT2D eigenvalue weighted by Gasteiger charge is 2.51. The topological polar surface area (TPSA) is 210 Å². The number of phosphoric acid groups is 1. The number of aliphatic hydroxyl groups is 5. The average Bonchev–Trinajstić information content (AvgIpc) is 3.26. The Morgan fingerprint density at radius 2 is 0.905 bits per heavy atom. The van der Waals surface area contributed by atoms with E-state index in [4.69, 9.17) is 18.5 Å². The van der Waals surface area contributed by atoms with Gasteiger partial charge in [-0.1, -0.05) is 178 Å². The maximum absolute atomic E-state index is 12.8. The van der Waals surface area contributed by atoms with Crippen molar-refractivity contribution in [1.29, 1.82) is 0 Å². The summed E-state index contributed by atoms with van der Waals surface area (Å²) in [5, 5.41) is 50.2. The summed E-state index contributed by atoms with van der Waals surface area (Å²) in [4.78, 5) is 35.7. The first-order valence-electron chi connectivity index (χ1n) is 24.4. The summed E-state index contributed by atoms with van der Waals surface area (Å²) in [5.41, 5.74) is 0. The van der Waals surface area contributed by atoms with Gasteiger partial charge in [-0.05, 0) is 51.4 Å². The second kappa shape index (κ2) is 39.0. The Bertz CT molecular complexity index is 1290. The van der Waals surface area contributed by atoms with Gasteiger partial charge in [-0.2, -0.15) is 0 Å². The van der Waals surface area contributed by atoms with Gasteiger partial charge in [0.05, 0.1) is 6.61 Å². The number of ether oxygens (including phenoxy) is 2. The van der Waals surface area contributed by atoms with E-state index in [1.54, 1.807) is 0 Å². The van der Waals surface area contributed by atoms with Crippen LogP contribution in [-0.2, 0) is 32.7 Å². The second-order valence-corrected chi connectivity index (χ2v) is 18.3. The fourth-order valence-electron chi connectivity index (χ4n) is 7.28. The molecule has 0 radical (unpaired) electrons. The van der Waals surface area contributed by atoms with Gasteiger partial charge in [0.1, 0.15) is 43.2 Å². The molecule has 1 aliphatic rings. The van der Waals surface area contributed by atoms with Crippen LogP contribution in [0.5, 0.6) is 0 Å². The maximum atomic E-state index is 12.8. The van der Waals surface area contributed by atoms with Crippen LogP contribution in [0.2, 0.25) is 0 Å². The van der Waals surface area contributed by atoms with E-state index in [9.17, 15) is 44.6 Å². The summed E-state index contributed by atoms with van der Waals surface area (Å²) in [6, 6.07) is 0. The normalized spacial score (nSPS) is 22.1. The number of carbonyl (C=O) groups excluding carboxylic acids is 2. The molecule has 0 aromatic heterocycles. The molecule has 1 aliphatic carbocycles. The number of hydrogen-bond acceptors (Lipinski definition) is 12. The number of allylic oxidation sites excluding steroid dienone is 8. The Labute approximate surface area is 380 Å². The van der Waals surface area contributed by atoms with E-state index in [-0.39, 0.29) is 12.8 Å². The van der Waals surface area contributed by atoms with Crippen molar-refractivity contribution in [2.75, 3.05) is 13.2 Å². The Morgan fingerprint density at radius 1 is 0.508 bits per heavy atom. The van der Waals surface area contributed by atoms with Crippen LogP contribution in [0.3, 0.4) is 0 Å². The lowest BCUT2D eigenvalue weighted by atomic mass is 9.85. The van der Waals surface area contributed by atoms with Gasteiger partial charge in [-0.25, -0.2) is 4.57 Å². The number of esters is 2. The SMILES string of the molecule is CC/C=C\C/C=C\C/C=C\C/C=C\CCCCCCCCCCC(=O)OC(COC(=O)CCCCCCCCCCCCCCC)COP(=O)(O)OC1C(O)C(O)C(O)C(O)C1O. The van der Waals surface area contributed by atoms with Crippen LogP contribution in [0.25, 0.3) is 0 Å². The van der Waals surface area contributed by atoms with Crippen molar-refractivity contribution in [2.24, 2.45) is 0 Å². The summed E-state index contributed by atoms with van der Waals surface area (Å²) >= 11 is 0. The molecule has 6 N–H and O–H groups in total. The maximum Gasteiger partial charge on any atom is 0.472 e. The lowest BCUT2D eigenvalue weighted by Crippen LogP contribution is -2.64. The van der Waals surface area contributed by atoms with Crippen LogP contribution in [0.15, 0.2) is 48.6 Å². The first-order valence-corrected chi connectivity index (χ1v) is 25.9. The third kappa shape index (κ3) is 31.4. The highest BCUT2D eigenvalue weighted by Crippen LogP contribution is 2.47. The second-order valence-electron chi connectivity index (χ2n) is 16.9. The van der Waals surface area contributed by atoms with Crippen molar-refractivity contribution in [2.45, 2.75) is 236 Å². The highest BCUT2D eigenvalue weighted by atomic mass is 31.2. The smallest absolute Gasteiger partial charge is 0.462 e. The van der Waals surface area contributed by atoms with Crippen LogP contribution in [0.4, 0.5) is 0 Å². The lowest BCUT2D eigenvalue weighted by Gasteiger charge is -2.41. The number of rotatable bonds is 40. The van der Waals surface area contributed by atoms with Crippen molar-refractivity contribution in [1.82, 2.24) is 0 Å². The van der Waals surface area contributed by atoms with E-state index in [1.165, 1.54) is 70.6 Å². The molecule has 0 spiro atoms. The molecule has 0 heterocycles. The van der Waals surface area contributed by atoms with Crippen LogP contribution >= 0.6 is 7.82 Å². The zero-order valence-electron chi connectivity index (χ0n) is 38.9. The lowest BCUT2D eigenvalue weighted by molar-refractivity contribution is -0.220. The highest BCUT2D eigenvalue weighted by molar-refractivity contribution is 7.47. The molecule has 0 amide bonds. The van der Waals surface area contributed by atoms with Crippen molar-refractivity contribution in [3.8, 4) is 0 Å². The van der Waals surface area contributed by atoms with Gasteiger partial charge in [0.25, 0.3) is 0 Å². The number of aliphatic hydroxyl groups excluding tert-OH is 5. The molecule has 6 unspecified atom stereocenters. The van der Waals surface area contributed by atoms with Crippen LogP contribution in [0, 0.1) is 0 Å². The van der Waals surface area contributed by atoms with Gasteiger partial charge in [-0.15, -0.1) is 0 Å². The van der Waals surface area contributed by atoms with Gasteiger partial charge in [0.15, 0.2) is 6.10 Å². The minimum absolute atomic E-state index is 0.0874. The molecule has 366 valence electrons. The van der Waals surface area contributed by atoms with Crippen molar-refractivity contribution in [3.63, 3.8) is 0 Å². The minimum Gasteiger partial charge on any atom is -0.462 e. The molecule has 0 aliphatic heterocycles. The zero-order chi connectivity index (χ0) is 46.4. The molecule has 0 aromatic rings. The Balaban J connectivity index is 2.42. The average molecular weight is 915 g/mol. The van der Waals surface area contributed by atoms with Crippen LogP contribution < -0.4 is 0 Å². The molecule has 0 saturated heterocycles. The zero-order valence-corrected chi connectivity index (χ0v) is 39.8. The Morgan fingerprint density at radius 3 is 1.38 bits per heavy atom. The van der Waals surface area contributed by atoms with Crippen molar-refractivity contribution >= 4 is 19.8 Å². The quantitative estimate of drug-likeness (QED) is 0.0147. The van der Waals surface area contributed by atoms with E-state index < -0.39 is 75.7 Å². The third-order valence-corrected chi connectivity index (χ3v) is 12.2. The fourth-order valence-corrected chi connectivity index (χ4v) is 8.25. The summed E-state index contributed by atoms with van der Waals surface area (Å²) < 4.78 is 33.6. The predicted molar refractivity (Wildman–Crippen MR) is 249 cm³/mol. The third-order valence-electron chi connectivity index (χ3n) is 11.2. The monoisotopic (exact) mass is 915 g/mol. The predicted octanol–water partition coefficient (Wildman–Crippen LogP) is 9.95. The number of hydrogen-bond donors (Lipinski definition) is 6. The van der Waals surface area contributed by atoms with Crippen molar-refractivity contribution < 1.29 is 63.1 Å². The molecule has 1 fully saturated rings. The summed E-state index contributed by atoms with van der Waals surface area (Å²) in [5.74, 6) is -1.11. The molecule has 63 heavy (non-hydrogen) atoms. The summed E-state index contributed by atoms with van der Waals surface area (Å²) in [7, 11) is -5.12. The largest absolute Gasteiger partial charge is 0.472 e. The van der Waals surface area contributed by atoms with Gasteiger partial charge >= 0.3 is 19.8 Å². The molecule has 13 nitrogen and oxygen atoms in total. The number of carbonyl (C=O) groups is 2. The molecular formula is C49H87O13P. The van der Waals surface area contributed by atoms with Crippen molar-refractivity contribution in [3.05, 3.63) is 48.6 Å². The van der Waals surface area contributed by atoms with Crippen LogP contribution in [-0.4, -0.2) is 98.3 Å². The summed E-state index contributed by atoms with van der Waals surface area (Å²) in [6.07, 6.45) is 33.0. The van der Waals surface area contributed by atoms with Gasteiger partial charge in [0, 0.05) is 12.8 Å². The molecule has 6 atom stereocenters. The minimum atomic E-state index is -5.12. The Kier molecular flexibility index (Phi) is 36.4. The first kappa shape index (κ1) is 58.8. The standard InChI is InChI=1S/C49H87O13P/c1-3-5-7-9-11-13-15-17-18-19-20-21-22-23-24-26-28-30-32-34-36-38-43(51)61-41(40-60-63(57,58)62-49-47(55)45(53)44(52)46(54)48(49)56)39-59-42(50)37-35-33-31-29-27-25-16-14-12-10-8-6-4-2/h5,7,11,13,17-18,20-21,41,44-49,52-56H,3-4,6,8-10,12,14-16,19,22-40H2,1-2H3,(H,57,58)/b7-5-,13-11-,18-17-,21-20-. The molecule has 0 bridgehead atoms. The van der Waals surface area contributed by atoms with Gasteiger partial charge in [0.2, 0.25) is 0 Å². The molecular weight excluding hydrogens is 828 g/mol. The van der Waals surface area contributed by atoms with E-state index in [0.717, 1.165) is 83.5 Å². The van der Waals surface area contributed by atoms with E-state index >= 15 is 0 Å². The summed E-state index contributed by atoms with van der Waals surface area (Å²) in [6.45, 7) is 3.19. The molecule has 1 rings (SSSR count). The molecule has 0 aromatic carbocycles. The van der Waals surface area contributed by atoms with Gasteiger partial charge < -0.3 is 39.9 Å². The van der Waals surface area contributed by atoms with E-state index in [1.807, 2.05) is 0 Å². The van der Waals surface area contributed by atoms with E-state index in [2.05, 4.69) is 62.5 Å². The molecule has 1 saturated carbocycles. The van der Waals surface area contributed by atoms with Gasteiger partial charge in [-0.3, -0.25) is 18.6 Å². The Hall–Kier alpha value is -2.19. The first-order chi connectivity index (χ1) is 30.4. The van der Waals surface area contributed by atoms with E-state index in [0.29, 0.717) is 12.8 Å². The molecule has 14 heteroatoms. The van der Waals surface area contributed by atoms with Crippen LogP contribution in [0.1, 0.15) is 194 Å².